The molecule has 1 N–H and O–H groups in total. The first-order chi connectivity index (χ1) is 12.6. The second-order valence-corrected chi connectivity index (χ2v) is 7.01. The van der Waals surface area contributed by atoms with Crippen LogP contribution < -0.4 is 10.2 Å². The van der Waals surface area contributed by atoms with Crippen molar-refractivity contribution < 1.29 is 14.4 Å². The van der Waals surface area contributed by atoms with Gasteiger partial charge in [0.05, 0.1) is 11.6 Å². The third-order valence-electron chi connectivity index (χ3n) is 5.33. The number of nitrogens with zero attached hydrogens (tertiary/aromatic N) is 4. The number of carbonyl (C=O) groups excluding carboxylic acids is 3. The fraction of sp³-hybridized carbons (Fsp3) is 0.500. The first-order valence-corrected chi connectivity index (χ1v) is 8.94. The van der Waals surface area contributed by atoms with Crippen LogP contribution in [0, 0.1) is 5.92 Å². The Bertz CT molecular complexity index is 882. The Morgan fingerprint density at radius 3 is 2.65 bits per heavy atom. The van der Waals surface area contributed by atoms with Gasteiger partial charge in [0.2, 0.25) is 11.8 Å². The molecule has 0 saturated carbocycles. The van der Waals surface area contributed by atoms with Crippen molar-refractivity contribution in [1.29, 1.82) is 0 Å². The number of piperidine rings is 2. The number of amides is 2. The normalized spacial score (nSPS) is 21.9. The third-order valence-corrected chi connectivity index (χ3v) is 5.33. The van der Waals surface area contributed by atoms with Crippen molar-refractivity contribution in [2.75, 3.05) is 18.0 Å². The number of anilines is 1. The van der Waals surface area contributed by atoms with Crippen molar-refractivity contribution in [3.8, 4) is 0 Å². The number of hydrogen-bond donors (Lipinski definition) is 1. The Labute approximate surface area is 150 Å². The van der Waals surface area contributed by atoms with Crippen molar-refractivity contribution >= 4 is 35.0 Å². The summed E-state index contributed by atoms with van der Waals surface area (Å²) in [6.07, 6.45) is 3.52. The first kappa shape index (κ1) is 16.7. The van der Waals surface area contributed by atoms with Gasteiger partial charge < -0.3 is 9.69 Å². The van der Waals surface area contributed by atoms with Gasteiger partial charge in [-0.2, -0.15) is 5.10 Å². The Balaban J connectivity index is 1.64. The molecule has 2 aromatic rings. The summed E-state index contributed by atoms with van der Waals surface area (Å²) in [4.78, 5) is 41.4. The minimum Gasteiger partial charge on any atom is -0.357 e. The lowest BCUT2D eigenvalue weighted by atomic mass is 9.93. The quantitative estimate of drug-likeness (QED) is 0.649. The minimum absolute atomic E-state index is 0.144. The van der Waals surface area contributed by atoms with Gasteiger partial charge in [-0.25, -0.2) is 4.98 Å². The fourth-order valence-corrected chi connectivity index (χ4v) is 3.80. The molecule has 0 aliphatic carbocycles. The number of aldehydes is 1. The second kappa shape index (κ2) is 6.51. The maximum Gasteiger partial charge on any atom is 0.235 e. The average Bonchev–Trinajstić information content (AvgIpc) is 2.98. The SMILES string of the molecule is Cn1nc(C2CCC(=O)NC2=O)c2ccc(N3CCC(C=O)CC3)nc21. The maximum atomic E-state index is 12.2. The van der Waals surface area contributed by atoms with E-state index in [0.29, 0.717) is 18.5 Å². The molecule has 26 heavy (non-hydrogen) atoms. The standard InChI is InChI=1S/C18H21N5O3/c1-22-17-12(16(21-22)13-3-5-15(25)20-18(13)26)2-4-14(19-17)23-8-6-11(10-24)7-9-23/h2,4,10-11,13H,3,5-9H2,1H3,(H,20,25,26). The van der Waals surface area contributed by atoms with Gasteiger partial charge in [0.1, 0.15) is 12.1 Å². The topological polar surface area (TPSA) is 97.2 Å². The molecule has 0 bridgehead atoms. The van der Waals surface area contributed by atoms with E-state index in [1.807, 2.05) is 19.2 Å². The zero-order chi connectivity index (χ0) is 18.3. The van der Waals surface area contributed by atoms with Crippen LogP contribution in [0.2, 0.25) is 0 Å². The predicted molar refractivity (Wildman–Crippen MR) is 94.6 cm³/mol. The summed E-state index contributed by atoms with van der Waals surface area (Å²) in [6, 6.07) is 3.90. The van der Waals surface area contributed by atoms with E-state index in [0.717, 1.165) is 49.1 Å². The number of pyridine rings is 1. The van der Waals surface area contributed by atoms with Crippen molar-refractivity contribution in [2.45, 2.75) is 31.6 Å². The van der Waals surface area contributed by atoms with Gasteiger partial charge in [0, 0.05) is 37.9 Å². The molecule has 2 aliphatic heterocycles. The molecule has 4 rings (SSSR count). The number of imide groups is 1. The monoisotopic (exact) mass is 355 g/mol. The molecule has 2 saturated heterocycles. The number of carbonyl (C=O) groups is 3. The smallest absolute Gasteiger partial charge is 0.235 e. The van der Waals surface area contributed by atoms with E-state index in [-0.39, 0.29) is 17.7 Å². The molecule has 2 aromatic heterocycles. The summed E-state index contributed by atoms with van der Waals surface area (Å²) in [7, 11) is 1.81. The van der Waals surface area contributed by atoms with Gasteiger partial charge in [-0.15, -0.1) is 0 Å². The molecule has 0 spiro atoms. The molecule has 136 valence electrons. The van der Waals surface area contributed by atoms with Crippen molar-refractivity contribution in [3.63, 3.8) is 0 Å². The van der Waals surface area contributed by atoms with Crippen LogP contribution in [-0.4, -0.2) is 46.0 Å². The van der Waals surface area contributed by atoms with Crippen LogP contribution in [-0.2, 0) is 21.4 Å². The van der Waals surface area contributed by atoms with Crippen LogP contribution >= 0.6 is 0 Å². The molecule has 4 heterocycles. The molecule has 1 unspecified atom stereocenters. The van der Waals surface area contributed by atoms with Crippen LogP contribution in [0.15, 0.2) is 12.1 Å². The summed E-state index contributed by atoms with van der Waals surface area (Å²) in [6.45, 7) is 1.61. The highest BCUT2D eigenvalue weighted by Crippen LogP contribution is 2.31. The predicted octanol–water partition coefficient (Wildman–Crippen LogP) is 0.904. The highest BCUT2D eigenvalue weighted by atomic mass is 16.2. The van der Waals surface area contributed by atoms with Crippen LogP contribution in [0.25, 0.3) is 11.0 Å². The van der Waals surface area contributed by atoms with Crippen molar-refractivity contribution in [3.05, 3.63) is 17.8 Å². The van der Waals surface area contributed by atoms with Crippen LogP contribution in [0.4, 0.5) is 5.82 Å². The number of nitrogens with one attached hydrogen (secondary N) is 1. The zero-order valence-electron chi connectivity index (χ0n) is 14.6. The first-order valence-electron chi connectivity index (χ1n) is 8.94. The van der Waals surface area contributed by atoms with Gasteiger partial charge >= 0.3 is 0 Å². The molecular weight excluding hydrogens is 334 g/mol. The van der Waals surface area contributed by atoms with Gasteiger partial charge in [-0.3, -0.25) is 19.6 Å². The minimum atomic E-state index is -0.424. The van der Waals surface area contributed by atoms with E-state index in [2.05, 4.69) is 15.3 Å². The second-order valence-electron chi connectivity index (χ2n) is 7.01. The van der Waals surface area contributed by atoms with E-state index >= 15 is 0 Å². The highest BCUT2D eigenvalue weighted by molar-refractivity contribution is 6.02. The maximum absolute atomic E-state index is 12.2. The molecule has 2 fully saturated rings. The highest BCUT2D eigenvalue weighted by Gasteiger charge is 2.32. The summed E-state index contributed by atoms with van der Waals surface area (Å²) in [5, 5.41) is 7.75. The van der Waals surface area contributed by atoms with Crippen LogP contribution in [0.1, 0.15) is 37.3 Å². The summed E-state index contributed by atoms with van der Waals surface area (Å²) >= 11 is 0. The lowest BCUT2D eigenvalue weighted by molar-refractivity contribution is -0.134. The molecule has 2 aliphatic rings. The van der Waals surface area contributed by atoms with Gasteiger partial charge in [0.15, 0.2) is 5.65 Å². The Morgan fingerprint density at radius 2 is 1.96 bits per heavy atom. The van der Waals surface area contributed by atoms with E-state index < -0.39 is 5.92 Å². The summed E-state index contributed by atoms with van der Waals surface area (Å²) in [5.41, 5.74) is 1.39. The lowest BCUT2D eigenvalue weighted by Crippen LogP contribution is -2.39. The number of rotatable bonds is 3. The molecule has 1 atom stereocenters. The van der Waals surface area contributed by atoms with Crippen LogP contribution in [0.5, 0.6) is 0 Å². The number of aromatic nitrogens is 3. The zero-order valence-corrected chi connectivity index (χ0v) is 14.6. The van der Waals surface area contributed by atoms with Crippen LogP contribution in [0.3, 0.4) is 0 Å². The van der Waals surface area contributed by atoms with E-state index in [1.165, 1.54) is 0 Å². The molecule has 2 amide bonds. The molecule has 8 nitrogen and oxygen atoms in total. The Morgan fingerprint density at radius 1 is 1.19 bits per heavy atom. The van der Waals surface area contributed by atoms with E-state index in [4.69, 9.17) is 4.98 Å². The van der Waals surface area contributed by atoms with Crippen molar-refractivity contribution in [1.82, 2.24) is 20.1 Å². The van der Waals surface area contributed by atoms with Crippen molar-refractivity contribution in [2.24, 2.45) is 13.0 Å². The number of hydrogen-bond acceptors (Lipinski definition) is 6. The van der Waals surface area contributed by atoms with Gasteiger partial charge in [-0.1, -0.05) is 0 Å². The number of fused-ring (bicyclic) bond motifs is 1. The number of aryl methyl sites for hydroxylation is 1. The summed E-state index contributed by atoms with van der Waals surface area (Å²) in [5.74, 6) is 0.0600. The average molecular weight is 355 g/mol. The summed E-state index contributed by atoms with van der Waals surface area (Å²) < 4.78 is 1.69. The Kier molecular flexibility index (Phi) is 4.18. The third kappa shape index (κ3) is 2.85. The molecule has 0 aromatic carbocycles. The molecule has 0 radical (unpaired) electrons. The van der Waals surface area contributed by atoms with Gasteiger partial charge in [-0.05, 0) is 31.4 Å². The van der Waals surface area contributed by atoms with Gasteiger partial charge in [0.25, 0.3) is 0 Å². The lowest BCUT2D eigenvalue weighted by Gasteiger charge is -2.30. The largest absolute Gasteiger partial charge is 0.357 e. The fourth-order valence-electron chi connectivity index (χ4n) is 3.80. The Hall–Kier alpha value is -2.77. The molecule has 8 heteroatoms. The molecular formula is C18H21N5O3. The van der Waals surface area contributed by atoms with E-state index in [1.54, 1.807) is 4.68 Å². The van der Waals surface area contributed by atoms with E-state index in [9.17, 15) is 14.4 Å².